The second kappa shape index (κ2) is 6.30. The van der Waals surface area contributed by atoms with E-state index in [2.05, 4.69) is 41.4 Å². The summed E-state index contributed by atoms with van der Waals surface area (Å²) >= 11 is 1.93. The summed E-state index contributed by atoms with van der Waals surface area (Å²) in [4.78, 5) is 3.67. The molecule has 2 atom stereocenters. The van der Waals surface area contributed by atoms with Crippen LogP contribution in [0.4, 0.5) is 0 Å². The Morgan fingerprint density at radius 1 is 1.58 bits per heavy atom. The van der Waals surface area contributed by atoms with Gasteiger partial charge in [-0.15, -0.1) is 11.8 Å². The summed E-state index contributed by atoms with van der Waals surface area (Å²) in [6.07, 6.45) is 0. The minimum absolute atomic E-state index is 0.0688. The Morgan fingerprint density at radius 2 is 2.32 bits per heavy atom. The van der Waals surface area contributed by atoms with Crippen LogP contribution in [0.15, 0.2) is 34.3 Å². The monoisotopic (exact) mass is 279 g/mol. The van der Waals surface area contributed by atoms with Crippen molar-refractivity contribution in [1.82, 2.24) is 4.90 Å². The Bertz CT molecular complexity index is 464. The molecule has 1 heterocycles. The Hall–Kier alpha value is -1.20. The number of rotatable bonds is 5. The van der Waals surface area contributed by atoms with Gasteiger partial charge in [-0.3, -0.25) is 0 Å². The van der Waals surface area contributed by atoms with Gasteiger partial charge in [0, 0.05) is 35.6 Å². The molecular weight excluding hydrogens is 258 g/mol. The predicted molar refractivity (Wildman–Crippen MR) is 80.0 cm³/mol. The first kappa shape index (κ1) is 14.2. The summed E-state index contributed by atoms with van der Waals surface area (Å²) < 4.78 is 0. The molecule has 2 unspecified atom stereocenters. The van der Waals surface area contributed by atoms with Crippen LogP contribution in [-0.4, -0.2) is 41.8 Å². The maximum atomic E-state index is 8.67. The fourth-order valence-electron chi connectivity index (χ4n) is 2.49. The first-order valence-corrected chi connectivity index (χ1v) is 7.48. The van der Waals surface area contributed by atoms with Crippen molar-refractivity contribution < 1.29 is 5.21 Å². The lowest BCUT2D eigenvalue weighted by Crippen LogP contribution is -2.35. The highest BCUT2D eigenvalue weighted by atomic mass is 32.2. The Labute approximate surface area is 118 Å². The van der Waals surface area contributed by atoms with Crippen LogP contribution in [-0.2, 0) is 0 Å². The number of hydrogen-bond acceptors (Lipinski definition) is 4. The van der Waals surface area contributed by atoms with Crippen LogP contribution in [0.25, 0.3) is 0 Å². The molecule has 0 radical (unpaired) electrons. The number of fused-ring (bicyclic) bond motifs is 1. The summed E-state index contributed by atoms with van der Waals surface area (Å²) in [5.41, 5.74) is 7.07. The molecule has 1 aromatic carbocycles. The summed E-state index contributed by atoms with van der Waals surface area (Å²) in [7, 11) is 2.09. The molecule has 0 bridgehead atoms. The predicted octanol–water partition coefficient (Wildman–Crippen LogP) is 2.19. The van der Waals surface area contributed by atoms with Gasteiger partial charge in [0.2, 0.25) is 0 Å². The number of nitrogens with zero attached hydrogens (tertiary/aromatic N) is 2. The molecule has 1 aliphatic rings. The SMILES string of the molecule is CC(CN(C)CC1CSc2ccccc21)C(N)=NO. The fraction of sp³-hybridized carbons (Fsp3) is 0.500. The molecule has 0 aliphatic carbocycles. The topological polar surface area (TPSA) is 61.8 Å². The molecule has 0 fully saturated rings. The largest absolute Gasteiger partial charge is 0.409 e. The highest BCUT2D eigenvalue weighted by molar-refractivity contribution is 7.99. The third-order valence-electron chi connectivity index (χ3n) is 3.54. The smallest absolute Gasteiger partial charge is 0.143 e. The van der Waals surface area contributed by atoms with Gasteiger partial charge in [-0.1, -0.05) is 30.3 Å². The zero-order chi connectivity index (χ0) is 13.8. The van der Waals surface area contributed by atoms with Crippen molar-refractivity contribution in [3.8, 4) is 0 Å². The lowest BCUT2D eigenvalue weighted by molar-refractivity contribution is 0.287. The quantitative estimate of drug-likeness (QED) is 0.375. The maximum absolute atomic E-state index is 8.67. The van der Waals surface area contributed by atoms with Crippen molar-refractivity contribution in [2.45, 2.75) is 17.7 Å². The molecule has 104 valence electrons. The van der Waals surface area contributed by atoms with Gasteiger partial charge in [-0.25, -0.2) is 0 Å². The molecule has 19 heavy (non-hydrogen) atoms. The number of likely N-dealkylation sites (N-methyl/N-ethyl adjacent to an activating group) is 1. The molecule has 0 amide bonds. The van der Waals surface area contributed by atoms with E-state index in [1.165, 1.54) is 10.5 Å². The molecule has 1 aliphatic heterocycles. The van der Waals surface area contributed by atoms with E-state index in [0.29, 0.717) is 11.8 Å². The molecule has 0 saturated heterocycles. The van der Waals surface area contributed by atoms with Crippen LogP contribution in [0, 0.1) is 5.92 Å². The minimum atomic E-state index is 0.0688. The molecule has 0 aromatic heterocycles. The van der Waals surface area contributed by atoms with Gasteiger partial charge in [0.25, 0.3) is 0 Å². The summed E-state index contributed by atoms with van der Waals surface area (Å²) in [6, 6.07) is 8.62. The molecule has 3 N–H and O–H groups in total. The molecule has 1 aromatic rings. The summed E-state index contributed by atoms with van der Waals surface area (Å²) in [6.45, 7) is 3.79. The third-order valence-corrected chi connectivity index (χ3v) is 4.79. The second-order valence-corrected chi connectivity index (χ2v) is 6.25. The van der Waals surface area contributed by atoms with Crippen molar-refractivity contribution in [2.75, 3.05) is 25.9 Å². The Kier molecular flexibility index (Phi) is 4.71. The molecular formula is C14H21N3OS. The van der Waals surface area contributed by atoms with E-state index in [4.69, 9.17) is 10.9 Å². The molecule has 0 saturated carbocycles. The van der Waals surface area contributed by atoms with Crippen molar-refractivity contribution in [2.24, 2.45) is 16.8 Å². The first-order valence-electron chi connectivity index (χ1n) is 6.49. The lowest BCUT2D eigenvalue weighted by Gasteiger charge is -2.23. The number of amidine groups is 1. The van der Waals surface area contributed by atoms with Gasteiger partial charge >= 0.3 is 0 Å². The van der Waals surface area contributed by atoms with E-state index in [1.807, 2.05) is 18.7 Å². The van der Waals surface area contributed by atoms with Crippen LogP contribution in [0.2, 0.25) is 0 Å². The zero-order valence-corrected chi connectivity index (χ0v) is 12.2. The van der Waals surface area contributed by atoms with Gasteiger partial charge in [0.05, 0.1) is 0 Å². The van der Waals surface area contributed by atoms with E-state index >= 15 is 0 Å². The van der Waals surface area contributed by atoms with Gasteiger partial charge in [-0.05, 0) is 18.7 Å². The van der Waals surface area contributed by atoms with Crippen molar-refractivity contribution in [1.29, 1.82) is 0 Å². The van der Waals surface area contributed by atoms with E-state index in [0.717, 1.165) is 18.8 Å². The van der Waals surface area contributed by atoms with Crippen molar-refractivity contribution in [3.63, 3.8) is 0 Å². The van der Waals surface area contributed by atoms with E-state index in [-0.39, 0.29) is 5.92 Å². The zero-order valence-electron chi connectivity index (χ0n) is 11.4. The molecule has 5 heteroatoms. The third kappa shape index (κ3) is 3.42. The average Bonchev–Trinajstić information content (AvgIpc) is 2.81. The van der Waals surface area contributed by atoms with Gasteiger partial charge in [-0.2, -0.15) is 0 Å². The number of thioether (sulfide) groups is 1. The summed E-state index contributed by atoms with van der Waals surface area (Å²) in [5.74, 6) is 2.08. The van der Waals surface area contributed by atoms with Crippen molar-refractivity contribution >= 4 is 17.6 Å². The minimum Gasteiger partial charge on any atom is -0.409 e. The average molecular weight is 279 g/mol. The molecule has 0 spiro atoms. The molecule has 4 nitrogen and oxygen atoms in total. The van der Waals surface area contributed by atoms with Gasteiger partial charge in [0.1, 0.15) is 5.84 Å². The molecule has 2 rings (SSSR count). The van der Waals surface area contributed by atoms with E-state index < -0.39 is 0 Å². The number of nitrogens with two attached hydrogens (primary N) is 1. The van der Waals surface area contributed by atoms with Crippen LogP contribution in [0.3, 0.4) is 0 Å². The number of hydrogen-bond donors (Lipinski definition) is 2. The lowest BCUT2D eigenvalue weighted by atomic mass is 10.0. The highest BCUT2D eigenvalue weighted by Crippen LogP contribution is 2.39. The summed E-state index contributed by atoms with van der Waals surface area (Å²) in [5, 5.41) is 11.7. The normalized spacial score (nSPS) is 20.6. The number of benzene rings is 1. The fourth-order valence-corrected chi connectivity index (χ4v) is 3.73. The van der Waals surface area contributed by atoms with Crippen molar-refractivity contribution in [3.05, 3.63) is 29.8 Å². The van der Waals surface area contributed by atoms with Crippen LogP contribution in [0.5, 0.6) is 0 Å². The van der Waals surface area contributed by atoms with Gasteiger partial charge < -0.3 is 15.8 Å². The van der Waals surface area contributed by atoms with E-state index in [1.54, 1.807) is 0 Å². The standard InChI is InChI=1S/C14H21N3OS/c1-10(14(15)16-18)7-17(2)8-11-9-19-13-6-4-3-5-12(11)13/h3-6,10-11,18H,7-9H2,1-2H3,(H2,15,16). The van der Waals surface area contributed by atoms with Gasteiger partial charge in [0.15, 0.2) is 0 Å². The number of oxime groups is 1. The van der Waals surface area contributed by atoms with Crippen LogP contribution >= 0.6 is 11.8 Å². The Morgan fingerprint density at radius 3 is 3.05 bits per heavy atom. The highest BCUT2D eigenvalue weighted by Gasteiger charge is 2.24. The Balaban J connectivity index is 1.92. The second-order valence-electron chi connectivity index (χ2n) is 5.19. The van der Waals surface area contributed by atoms with Crippen LogP contribution < -0.4 is 5.73 Å². The van der Waals surface area contributed by atoms with Crippen LogP contribution in [0.1, 0.15) is 18.4 Å². The van der Waals surface area contributed by atoms with E-state index in [9.17, 15) is 0 Å². The maximum Gasteiger partial charge on any atom is 0.143 e. The first-order chi connectivity index (χ1) is 9.11.